The molecule has 0 aliphatic carbocycles. The van der Waals surface area contributed by atoms with Crippen LogP contribution in [-0.2, 0) is 9.53 Å². The van der Waals surface area contributed by atoms with E-state index in [0.29, 0.717) is 6.29 Å². The van der Waals surface area contributed by atoms with Crippen LogP contribution in [0.25, 0.3) is 0 Å². The van der Waals surface area contributed by atoms with E-state index in [0.717, 1.165) is 25.9 Å². The molecule has 0 saturated carbocycles. The van der Waals surface area contributed by atoms with Crippen molar-refractivity contribution < 1.29 is 14.6 Å². The van der Waals surface area contributed by atoms with Crippen LogP contribution in [0, 0.1) is 0 Å². The Bertz CT molecular complexity index is 145. The largest absolute Gasteiger partial charge is 0.347 e. The van der Waals surface area contributed by atoms with E-state index in [1.54, 1.807) is 4.90 Å². The van der Waals surface area contributed by atoms with Crippen LogP contribution in [0.5, 0.6) is 0 Å². The van der Waals surface area contributed by atoms with Crippen LogP contribution in [0.3, 0.4) is 0 Å². The molecule has 0 radical (unpaired) electrons. The van der Waals surface area contributed by atoms with Crippen molar-refractivity contribution in [3.8, 4) is 0 Å². The molecule has 0 amide bonds. The summed E-state index contributed by atoms with van der Waals surface area (Å²) in [4.78, 5) is 12.1. The third-order valence-electron chi connectivity index (χ3n) is 2.01. The third kappa shape index (κ3) is 1.58. The number of nitrogens with zero attached hydrogens (tertiary/aromatic N) is 1. The van der Waals surface area contributed by atoms with Crippen LogP contribution in [0.4, 0.5) is 0 Å². The van der Waals surface area contributed by atoms with E-state index in [9.17, 15) is 9.90 Å². The number of ether oxygens (including phenoxy) is 1. The fraction of sp³-hybridized carbons (Fsp3) is 0.857. The molecule has 0 aromatic carbocycles. The van der Waals surface area contributed by atoms with Crippen LogP contribution in [0.2, 0.25) is 0 Å². The normalized spacial score (nSPS) is 24.9. The minimum absolute atomic E-state index is 0.429. The van der Waals surface area contributed by atoms with Crippen molar-refractivity contribution in [1.82, 2.24) is 4.90 Å². The smallest absolute Gasteiger partial charge is 0.286 e. The molecule has 1 fully saturated rings. The van der Waals surface area contributed by atoms with Crippen molar-refractivity contribution in [3.63, 3.8) is 0 Å². The highest BCUT2D eigenvalue weighted by molar-refractivity contribution is 5.58. The minimum atomic E-state index is -1.68. The molecule has 0 bridgehead atoms. The summed E-state index contributed by atoms with van der Waals surface area (Å²) in [6, 6.07) is 0. The summed E-state index contributed by atoms with van der Waals surface area (Å²) < 4.78 is 4.68. The fourth-order valence-corrected chi connectivity index (χ4v) is 1.29. The monoisotopic (exact) mass is 159 g/mol. The Morgan fingerprint density at radius 3 is 2.45 bits per heavy atom. The maximum atomic E-state index is 10.4. The Morgan fingerprint density at radius 2 is 2.09 bits per heavy atom. The van der Waals surface area contributed by atoms with Gasteiger partial charge < -0.3 is 9.84 Å². The Labute approximate surface area is 65.8 Å². The summed E-state index contributed by atoms with van der Waals surface area (Å²) in [5.41, 5.74) is 0. The fourth-order valence-electron chi connectivity index (χ4n) is 1.29. The van der Waals surface area contributed by atoms with Gasteiger partial charge in [0.2, 0.25) is 0 Å². The first-order valence-electron chi connectivity index (χ1n) is 3.72. The molecular weight excluding hydrogens is 146 g/mol. The van der Waals surface area contributed by atoms with Crippen LogP contribution in [0.15, 0.2) is 0 Å². The number of methoxy groups -OCH3 is 1. The molecular formula is C7H13NO3. The predicted molar refractivity (Wildman–Crippen MR) is 38.8 cm³/mol. The van der Waals surface area contributed by atoms with E-state index in [-0.39, 0.29) is 0 Å². The maximum Gasteiger partial charge on any atom is 0.286 e. The number of likely N-dealkylation sites (tertiary alicyclic amines) is 1. The van der Waals surface area contributed by atoms with Crippen molar-refractivity contribution in [2.45, 2.75) is 18.8 Å². The van der Waals surface area contributed by atoms with Crippen molar-refractivity contribution in [3.05, 3.63) is 0 Å². The standard InChI is InChI=1S/C7H13NO3/c1-11-7(10,6-9)8-4-2-3-5-8/h6,10H,2-5H2,1H3. The van der Waals surface area contributed by atoms with Crippen LogP contribution >= 0.6 is 0 Å². The highest BCUT2D eigenvalue weighted by Crippen LogP contribution is 2.17. The summed E-state index contributed by atoms with van der Waals surface area (Å²) in [6.45, 7) is 1.45. The summed E-state index contributed by atoms with van der Waals surface area (Å²) in [5, 5.41) is 9.46. The molecule has 1 N–H and O–H groups in total. The van der Waals surface area contributed by atoms with Gasteiger partial charge in [0.1, 0.15) is 0 Å². The Balaban J connectivity index is 2.59. The number of hydrogen-bond donors (Lipinski definition) is 1. The topological polar surface area (TPSA) is 49.8 Å². The quantitative estimate of drug-likeness (QED) is 0.448. The van der Waals surface area contributed by atoms with Gasteiger partial charge in [-0.3, -0.25) is 4.79 Å². The first-order valence-corrected chi connectivity index (χ1v) is 3.72. The molecule has 4 heteroatoms. The summed E-state index contributed by atoms with van der Waals surface area (Å²) in [6.07, 6.45) is 2.46. The Hall–Kier alpha value is -0.450. The number of carbonyl (C=O) groups is 1. The van der Waals surface area contributed by atoms with Gasteiger partial charge in [0, 0.05) is 20.2 Å². The van der Waals surface area contributed by atoms with Crippen LogP contribution in [-0.4, -0.2) is 42.4 Å². The van der Waals surface area contributed by atoms with E-state index >= 15 is 0 Å². The summed E-state index contributed by atoms with van der Waals surface area (Å²) in [5.74, 6) is -1.68. The molecule has 0 aromatic rings. The first-order chi connectivity index (χ1) is 5.23. The average Bonchev–Trinajstić information content (AvgIpc) is 2.55. The van der Waals surface area contributed by atoms with E-state index in [2.05, 4.69) is 4.74 Å². The second kappa shape index (κ2) is 3.30. The third-order valence-corrected chi connectivity index (χ3v) is 2.01. The van der Waals surface area contributed by atoms with Gasteiger partial charge in [-0.1, -0.05) is 0 Å². The van der Waals surface area contributed by atoms with Crippen LogP contribution < -0.4 is 0 Å². The Morgan fingerprint density at radius 1 is 1.55 bits per heavy atom. The number of hydrogen-bond acceptors (Lipinski definition) is 4. The van der Waals surface area contributed by atoms with Gasteiger partial charge in [0.05, 0.1) is 0 Å². The van der Waals surface area contributed by atoms with Gasteiger partial charge in [-0.25, -0.2) is 4.90 Å². The van der Waals surface area contributed by atoms with Crippen molar-refractivity contribution in [1.29, 1.82) is 0 Å². The molecule has 1 atom stereocenters. The zero-order valence-electron chi connectivity index (χ0n) is 6.62. The molecule has 1 rings (SSSR count). The van der Waals surface area contributed by atoms with Gasteiger partial charge >= 0.3 is 0 Å². The average molecular weight is 159 g/mol. The minimum Gasteiger partial charge on any atom is -0.347 e. The van der Waals surface area contributed by atoms with Gasteiger partial charge in [0.15, 0.2) is 6.29 Å². The number of aldehydes is 1. The van der Waals surface area contributed by atoms with Gasteiger partial charge in [-0.2, -0.15) is 0 Å². The lowest BCUT2D eigenvalue weighted by molar-refractivity contribution is -0.247. The molecule has 0 spiro atoms. The highest BCUT2D eigenvalue weighted by Gasteiger charge is 2.35. The van der Waals surface area contributed by atoms with E-state index < -0.39 is 5.91 Å². The van der Waals surface area contributed by atoms with Gasteiger partial charge in [-0.05, 0) is 12.8 Å². The molecule has 4 nitrogen and oxygen atoms in total. The molecule has 11 heavy (non-hydrogen) atoms. The van der Waals surface area contributed by atoms with Gasteiger partial charge in [-0.15, -0.1) is 0 Å². The number of rotatable bonds is 3. The van der Waals surface area contributed by atoms with Crippen LogP contribution in [0.1, 0.15) is 12.8 Å². The van der Waals surface area contributed by atoms with E-state index in [1.165, 1.54) is 7.11 Å². The lowest BCUT2D eigenvalue weighted by Crippen LogP contribution is -2.50. The van der Waals surface area contributed by atoms with Gasteiger partial charge in [0.25, 0.3) is 5.91 Å². The summed E-state index contributed by atoms with van der Waals surface area (Å²) in [7, 11) is 1.33. The van der Waals surface area contributed by atoms with Crippen molar-refractivity contribution >= 4 is 6.29 Å². The molecule has 0 aromatic heterocycles. The molecule has 1 aliphatic heterocycles. The zero-order chi connectivity index (χ0) is 8.32. The SMILES string of the molecule is COC(O)(C=O)N1CCCC1. The van der Waals surface area contributed by atoms with Crippen molar-refractivity contribution in [2.24, 2.45) is 0 Å². The first kappa shape index (κ1) is 8.64. The van der Waals surface area contributed by atoms with Crippen molar-refractivity contribution in [2.75, 3.05) is 20.2 Å². The molecule has 1 aliphatic rings. The second-order valence-electron chi connectivity index (χ2n) is 2.67. The Kier molecular flexibility index (Phi) is 2.59. The molecule has 64 valence electrons. The second-order valence-corrected chi connectivity index (χ2v) is 2.67. The predicted octanol–water partition coefficient (Wildman–Crippen LogP) is -0.426. The maximum absolute atomic E-state index is 10.4. The highest BCUT2D eigenvalue weighted by atomic mass is 16.6. The lowest BCUT2D eigenvalue weighted by atomic mass is 10.4. The molecule has 1 heterocycles. The van der Waals surface area contributed by atoms with E-state index in [4.69, 9.17) is 0 Å². The zero-order valence-corrected chi connectivity index (χ0v) is 6.62. The molecule has 1 saturated heterocycles. The number of carbonyl (C=O) groups excluding carboxylic acids is 1. The number of aliphatic hydroxyl groups is 1. The lowest BCUT2D eigenvalue weighted by Gasteiger charge is -2.29. The molecule has 1 unspecified atom stereocenters. The summed E-state index contributed by atoms with van der Waals surface area (Å²) >= 11 is 0. The van der Waals surface area contributed by atoms with E-state index in [1.807, 2.05) is 0 Å².